The average molecular weight is 412 g/mol. The van der Waals surface area contributed by atoms with Crippen molar-refractivity contribution in [1.29, 1.82) is 0 Å². The molecule has 4 rings (SSSR count). The average Bonchev–Trinajstić information content (AvgIpc) is 3.16. The molecule has 1 amide bonds. The third-order valence-corrected chi connectivity index (χ3v) is 5.68. The Kier molecular flexibility index (Phi) is 6.12. The lowest BCUT2D eigenvalue weighted by Gasteiger charge is -2.35. The number of hydrogen-bond donors (Lipinski definition) is 1. The smallest absolute Gasteiger partial charge is 0.240 e. The molecule has 150 valence electrons. The van der Waals surface area contributed by atoms with Gasteiger partial charge in [-0.1, -0.05) is 41.7 Å². The minimum atomic E-state index is -0.229. The van der Waals surface area contributed by atoms with Crippen LogP contribution in [-0.4, -0.2) is 53.7 Å². The van der Waals surface area contributed by atoms with Gasteiger partial charge in [0.2, 0.25) is 11.0 Å². The van der Waals surface area contributed by atoms with Crippen molar-refractivity contribution < 1.29 is 9.18 Å². The number of rotatable bonds is 6. The molecule has 0 unspecified atom stereocenters. The van der Waals surface area contributed by atoms with E-state index in [9.17, 15) is 9.18 Å². The fourth-order valence-corrected chi connectivity index (χ4v) is 4.11. The molecule has 3 aromatic rings. The van der Waals surface area contributed by atoms with Gasteiger partial charge in [0.1, 0.15) is 10.8 Å². The summed E-state index contributed by atoms with van der Waals surface area (Å²) in [6.07, 6.45) is 0.708. The van der Waals surface area contributed by atoms with E-state index in [1.165, 1.54) is 29.0 Å². The zero-order valence-corrected chi connectivity index (χ0v) is 16.7. The molecule has 2 heterocycles. The lowest BCUT2D eigenvalue weighted by molar-refractivity contribution is -0.117. The third-order valence-electron chi connectivity index (χ3n) is 4.84. The van der Waals surface area contributed by atoms with E-state index in [0.29, 0.717) is 18.1 Å². The third kappa shape index (κ3) is 5.36. The van der Waals surface area contributed by atoms with Crippen LogP contribution < -0.4 is 10.2 Å². The van der Waals surface area contributed by atoms with Gasteiger partial charge >= 0.3 is 0 Å². The summed E-state index contributed by atoms with van der Waals surface area (Å²) in [6, 6.07) is 16.6. The molecule has 0 aliphatic carbocycles. The molecule has 6 nitrogen and oxygen atoms in total. The highest BCUT2D eigenvalue weighted by atomic mass is 32.1. The minimum absolute atomic E-state index is 0.0809. The van der Waals surface area contributed by atoms with Crippen LogP contribution in [0.5, 0.6) is 0 Å². The maximum Gasteiger partial charge on any atom is 0.240 e. The quantitative estimate of drug-likeness (QED) is 0.676. The molecule has 1 fully saturated rings. The summed E-state index contributed by atoms with van der Waals surface area (Å²) in [5.74, 6) is -0.310. The molecule has 0 atom stereocenters. The van der Waals surface area contributed by atoms with Crippen LogP contribution in [0.1, 0.15) is 10.6 Å². The highest BCUT2D eigenvalue weighted by Gasteiger charge is 2.20. The Bertz CT molecular complexity index is 939. The van der Waals surface area contributed by atoms with Crippen molar-refractivity contribution in [2.75, 3.05) is 42.9 Å². The predicted octanol–water partition coefficient (Wildman–Crippen LogP) is 3.03. The van der Waals surface area contributed by atoms with Gasteiger partial charge in [-0.3, -0.25) is 15.0 Å². The Morgan fingerprint density at radius 1 is 1.00 bits per heavy atom. The van der Waals surface area contributed by atoms with Gasteiger partial charge in [-0.25, -0.2) is 4.39 Å². The summed E-state index contributed by atoms with van der Waals surface area (Å²) in [7, 11) is 0. The number of nitrogens with zero attached hydrogens (tertiary/aromatic N) is 4. The lowest BCUT2D eigenvalue weighted by Crippen LogP contribution is -2.48. The first-order chi connectivity index (χ1) is 14.2. The number of hydrogen-bond acceptors (Lipinski definition) is 6. The number of carbonyl (C=O) groups is 1. The fraction of sp³-hybridized carbons (Fsp3) is 0.286. The Morgan fingerprint density at radius 3 is 2.45 bits per heavy atom. The Balaban J connectivity index is 1.24. The fourth-order valence-electron chi connectivity index (χ4n) is 3.32. The van der Waals surface area contributed by atoms with Gasteiger partial charge in [-0.15, -0.1) is 10.2 Å². The number of anilines is 2. The van der Waals surface area contributed by atoms with Crippen LogP contribution in [0.3, 0.4) is 0 Å². The molecule has 0 radical (unpaired) electrons. The summed E-state index contributed by atoms with van der Waals surface area (Å²) in [4.78, 5) is 16.7. The summed E-state index contributed by atoms with van der Waals surface area (Å²) >= 11 is 1.41. The Morgan fingerprint density at radius 2 is 1.72 bits per heavy atom. The molecule has 1 aliphatic heterocycles. The number of nitrogens with one attached hydrogen (secondary N) is 1. The van der Waals surface area contributed by atoms with Gasteiger partial charge in [-0.2, -0.15) is 0 Å². The Hall–Kier alpha value is -2.84. The highest BCUT2D eigenvalue weighted by molar-refractivity contribution is 7.15. The summed E-state index contributed by atoms with van der Waals surface area (Å²) < 4.78 is 13.1. The monoisotopic (exact) mass is 411 g/mol. The van der Waals surface area contributed by atoms with Gasteiger partial charge in [0.25, 0.3) is 0 Å². The number of benzene rings is 2. The van der Waals surface area contributed by atoms with Crippen LogP contribution in [-0.2, 0) is 11.2 Å². The second kappa shape index (κ2) is 9.11. The maximum absolute atomic E-state index is 13.1. The van der Waals surface area contributed by atoms with Gasteiger partial charge in [0.05, 0.1) is 6.54 Å². The standard InChI is InChI=1S/C21H22FN5OS/c22-17-6-8-18(9-7-17)27-12-10-26(11-13-27)15-19(28)23-21-25-24-20(29-21)14-16-4-2-1-3-5-16/h1-9H,10-15H2,(H,23,25,28). The van der Waals surface area contributed by atoms with E-state index in [4.69, 9.17) is 0 Å². The predicted molar refractivity (Wildman–Crippen MR) is 113 cm³/mol. The van der Waals surface area contributed by atoms with Crippen molar-refractivity contribution in [2.24, 2.45) is 0 Å². The van der Waals surface area contributed by atoms with E-state index >= 15 is 0 Å². The lowest BCUT2D eigenvalue weighted by atomic mass is 10.2. The van der Waals surface area contributed by atoms with Gasteiger partial charge in [0.15, 0.2) is 0 Å². The molecular weight excluding hydrogens is 389 g/mol. The topological polar surface area (TPSA) is 61.4 Å². The van der Waals surface area contributed by atoms with Crippen LogP contribution in [0, 0.1) is 5.82 Å². The van der Waals surface area contributed by atoms with Crippen molar-refractivity contribution in [3.8, 4) is 0 Å². The van der Waals surface area contributed by atoms with Crippen LogP contribution in [0.4, 0.5) is 15.2 Å². The SMILES string of the molecule is O=C(CN1CCN(c2ccc(F)cc2)CC1)Nc1nnc(Cc2ccccc2)s1. The van der Waals surface area contributed by atoms with E-state index in [0.717, 1.165) is 36.9 Å². The van der Waals surface area contributed by atoms with Gasteiger partial charge in [0, 0.05) is 38.3 Å². The largest absolute Gasteiger partial charge is 0.369 e. The molecular formula is C21H22FN5OS. The second-order valence-electron chi connectivity index (χ2n) is 6.95. The number of aromatic nitrogens is 2. The molecule has 1 aromatic heterocycles. The normalized spacial score (nSPS) is 14.7. The molecule has 1 saturated heterocycles. The number of halogens is 1. The second-order valence-corrected chi connectivity index (χ2v) is 8.01. The van der Waals surface area contributed by atoms with Crippen molar-refractivity contribution in [3.05, 3.63) is 71.0 Å². The van der Waals surface area contributed by atoms with Crippen LogP contribution in [0.2, 0.25) is 0 Å². The van der Waals surface area contributed by atoms with Gasteiger partial charge in [-0.05, 0) is 29.8 Å². The van der Waals surface area contributed by atoms with E-state index in [-0.39, 0.29) is 11.7 Å². The van der Waals surface area contributed by atoms with Crippen molar-refractivity contribution in [1.82, 2.24) is 15.1 Å². The number of piperazine rings is 1. The first-order valence-corrected chi connectivity index (χ1v) is 10.4. The van der Waals surface area contributed by atoms with Crippen molar-refractivity contribution >= 4 is 28.1 Å². The molecule has 8 heteroatoms. The molecule has 1 aliphatic rings. The summed E-state index contributed by atoms with van der Waals surface area (Å²) in [5.41, 5.74) is 2.18. The van der Waals surface area contributed by atoms with E-state index < -0.39 is 0 Å². The first-order valence-electron chi connectivity index (χ1n) is 9.55. The zero-order valence-electron chi connectivity index (χ0n) is 15.9. The molecule has 0 spiro atoms. The minimum Gasteiger partial charge on any atom is -0.369 e. The van der Waals surface area contributed by atoms with Crippen LogP contribution >= 0.6 is 11.3 Å². The Labute approximate surface area is 173 Å². The zero-order chi connectivity index (χ0) is 20.1. The number of carbonyl (C=O) groups excluding carboxylic acids is 1. The molecule has 0 saturated carbocycles. The van der Waals surface area contributed by atoms with E-state index in [2.05, 4.69) is 25.3 Å². The maximum atomic E-state index is 13.1. The van der Waals surface area contributed by atoms with Crippen molar-refractivity contribution in [3.63, 3.8) is 0 Å². The molecule has 0 bridgehead atoms. The highest BCUT2D eigenvalue weighted by Crippen LogP contribution is 2.19. The molecule has 29 heavy (non-hydrogen) atoms. The van der Waals surface area contributed by atoms with E-state index in [1.54, 1.807) is 12.1 Å². The molecule has 2 aromatic carbocycles. The number of amides is 1. The van der Waals surface area contributed by atoms with Crippen molar-refractivity contribution in [2.45, 2.75) is 6.42 Å². The van der Waals surface area contributed by atoms with E-state index in [1.807, 2.05) is 30.3 Å². The van der Waals surface area contributed by atoms with Crippen LogP contribution in [0.25, 0.3) is 0 Å². The van der Waals surface area contributed by atoms with Crippen LogP contribution in [0.15, 0.2) is 54.6 Å². The summed E-state index contributed by atoms with van der Waals surface area (Å²) in [6.45, 7) is 3.49. The summed E-state index contributed by atoms with van der Waals surface area (Å²) in [5, 5.41) is 12.5. The first kappa shape index (κ1) is 19.5. The van der Waals surface area contributed by atoms with Gasteiger partial charge < -0.3 is 4.90 Å². The molecule has 1 N–H and O–H groups in total.